The lowest BCUT2D eigenvalue weighted by atomic mass is 10.3. The van der Waals surface area contributed by atoms with Crippen LogP contribution in [0.25, 0.3) is 0 Å². The molecule has 2 rings (SSSR count). The summed E-state index contributed by atoms with van der Waals surface area (Å²) < 4.78 is 25.2. The second-order valence-corrected chi connectivity index (χ2v) is 6.09. The summed E-state index contributed by atoms with van der Waals surface area (Å²) in [7, 11) is -1.03. The largest absolute Gasteiger partial charge is 0.316 e. The first-order chi connectivity index (χ1) is 6.14. The average Bonchev–Trinajstić information content (AvgIpc) is 2.84. The molecule has 0 bridgehead atoms. The number of nitrogens with one attached hydrogen (secondary N) is 1. The van der Waals surface area contributed by atoms with E-state index < -0.39 is 10.0 Å². The SMILES string of the molecule is CN[C@H]1CCN(S(=O)(=O)C2CC2)C1. The molecule has 0 aromatic rings. The van der Waals surface area contributed by atoms with Crippen molar-refractivity contribution in [3.63, 3.8) is 0 Å². The van der Waals surface area contributed by atoms with E-state index in [0.717, 1.165) is 19.3 Å². The van der Waals surface area contributed by atoms with Crippen molar-refractivity contribution >= 4 is 10.0 Å². The molecule has 76 valence electrons. The lowest BCUT2D eigenvalue weighted by Crippen LogP contribution is -2.35. The second-order valence-electron chi connectivity index (χ2n) is 3.88. The van der Waals surface area contributed by atoms with Crippen LogP contribution in [0.15, 0.2) is 0 Å². The van der Waals surface area contributed by atoms with Crippen LogP contribution in [0.5, 0.6) is 0 Å². The molecule has 1 saturated carbocycles. The fourth-order valence-electron chi connectivity index (χ4n) is 1.77. The number of nitrogens with zero attached hydrogens (tertiary/aromatic N) is 1. The van der Waals surface area contributed by atoms with Crippen LogP contribution in [-0.2, 0) is 10.0 Å². The lowest BCUT2D eigenvalue weighted by molar-refractivity contribution is 0.463. The zero-order valence-corrected chi connectivity index (χ0v) is 8.68. The number of hydrogen-bond donors (Lipinski definition) is 1. The molecule has 0 amide bonds. The predicted octanol–water partition coefficient (Wildman–Crippen LogP) is -0.228. The van der Waals surface area contributed by atoms with Crippen LogP contribution in [0.4, 0.5) is 0 Å². The highest BCUT2D eigenvalue weighted by molar-refractivity contribution is 7.90. The van der Waals surface area contributed by atoms with Gasteiger partial charge in [0.1, 0.15) is 0 Å². The minimum atomic E-state index is -2.92. The molecule has 5 heteroatoms. The minimum absolute atomic E-state index is 0.0527. The Labute approximate surface area is 79.4 Å². The zero-order valence-electron chi connectivity index (χ0n) is 7.86. The molecule has 0 spiro atoms. The number of hydrogen-bond acceptors (Lipinski definition) is 3. The normalized spacial score (nSPS) is 31.0. The van der Waals surface area contributed by atoms with Gasteiger partial charge in [-0.05, 0) is 26.3 Å². The summed E-state index contributed by atoms with van der Waals surface area (Å²) >= 11 is 0. The Kier molecular flexibility index (Phi) is 2.33. The van der Waals surface area contributed by atoms with Crippen LogP contribution < -0.4 is 5.32 Å². The van der Waals surface area contributed by atoms with Gasteiger partial charge in [-0.25, -0.2) is 12.7 Å². The van der Waals surface area contributed by atoms with E-state index in [4.69, 9.17) is 0 Å². The van der Waals surface area contributed by atoms with Crippen molar-refractivity contribution in [2.75, 3.05) is 20.1 Å². The van der Waals surface area contributed by atoms with E-state index in [2.05, 4.69) is 5.32 Å². The van der Waals surface area contributed by atoms with E-state index >= 15 is 0 Å². The molecule has 1 aliphatic heterocycles. The lowest BCUT2D eigenvalue weighted by Gasteiger charge is -2.15. The first-order valence-electron chi connectivity index (χ1n) is 4.81. The maximum Gasteiger partial charge on any atom is 0.217 e. The smallest absolute Gasteiger partial charge is 0.217 e. The molecule has 0 aromatic carbocycles. The van der Waals surface area contributed by atoms with E-state index in [1.807, 2.05) is 7.05 Å². The third kappa shape index (κ3) is 1.73. The van der Waals surface area contributed by atoms with E-state index in [1.165, 1.54) is 0 Å². The van der Waals surface area contributed by atoms with Crippen LogP contribution in [0, 0.1) is 0 Å². The third-order valence-corrected chi connectivity index (χ3v) is 5.23. The molecule has 2 fully saturated rings. The Morgan fingerprint density at radius 3 is 2.46 bits per heavy atom. The topological polar surface area (TPSA) is 49.4 Å². The number of rotatable bonds is 3. The highest BCUT2D eigenvalue weighted by Gasteiger charge is 2.42. The van der Waals surface area contributed by atoms with Gasteiger partial charge in [-0.2, -0.15) is 0 Å². The van der Waals surface area contributed by atoms with Gasteiger partial charge in [0.05, 0.1) is 5.25 Å². The molecule has 0 radical (unpaired) electrons. The van der Waals surface area contributed by atoms with Gasteiger partial charge in [0.2, 0.25) is 10.0 Å². The highest BCUT2D eigenvalue weighted by atomic mass is 32.2. The fourth-order valence-corrected chi connectivity index (χ4v) is 3.67. The van der Waals surface area contributed by atoms with Crippen LogP contribution in [-0.4, -0.2) is 44.2 Å². The molecular weight excluding hydrogens is 188 g/mol. The Bertz CT molecular complexity index is 285. The zero-order chi connectivity index (χ0) is 9.47. The minimum Gasteiger partial charge on any atom is -0.316 e. The summed E-state index contributed by atoms with van der Waals surface area (Å²) in [4.78, 5) is 0. The van der Waals surface area contributed by atoms with Gasteiger partial charge in [-0.15, -0.1) is 0 Å². The Morgan fingerprint density at radius 1 is 1.31 bits per heavy atom. The van der Waals surface area contributed by atoms with Gasteiger partial charge in [-0.1, -0.05) is 0 Å². The van der Waals surface area contributed by atoms with E-state index in [9.17, 15) is 8.42 Å². The molecule has 1 atom stereocenters. The van der Waals surface area contributed by atoms with Crippen LogP contribution in [0.1, 0.15) is 19.3 Å². The van der Waals surface area contributed by atoms with Crippen LogP contribution >= 0.6 is 0 Å². The van der Waals surface area contributed by atoms with Crippen molar-refractivity contribution in [2.45, 2.75) is 30.6 Å². The summed E-state index contributed by atoms with van der Waals surface area (Å²) in [6, 6.07) is 0.355. The maximum absolute atomic E-state index is 11.8. The van der Waals surface area contributed by atoms with Crippen molar-refractivity contribution in [1.29, 1.82) is 0 Å². The molecule has 1 heterocycles. The number of likely N-dealkylation sites (N-methyl/N-ethyl adjacent to an activating group) is 1. The fraction of sp³-hybridized carbons (Fsp3) is 1.00. The quantitative estimate of drug-likeness (QED) is 0.691. The Hall–Kier alpha value is -0.130. The van der Waals surface area contributed by atoms with Gasteiger partial charge in [0.15, 0.2) is 0 Å². The van der Waals surface area contributed by atoms with E-state index in [1.54, 1.807) is 4.31 Å². The molecule has 4 nitrogen and oxygen atoms in total. The second kappa shape index (κ2) is 3.22. The third-order valence-electron chi connectivity index (χ3n) is 2.86. The van der Waals surface area contributed by atoms with Gasteiger partial charge in [0.25, 0.3) is 0 Å². The molecule has 1 aliphatic carbocycles. The van der Waals surface area contributed by atoms with E-state index in [0.29, 0.717) is 19.1 Å². The molecule has 1 N–H and O–H groups in total. The predicted molar refractivity (Wildman–Crippen MR) is 51.0 cm³/mol. The van der Waals surface area contributed by atoms with Crippen molar-refractivity contribution in [3.8, 4) is 0 Å². The standard InChI is InChI=1S/C8H16N2O2S/c1-9-7-4-5-10(6-7)13(11,12)8-2-3-8/h7-9H,2-6H2,1H3/t7-/m0/s1. The summed E-state index contributed by atoms with van der Waals surface area (Å²) in [6.45, 7) is 1.36. The summed E-state index contributed by atoms with van der Waals surface area (Å²) in [5, 5.41) is 3.07. The highest BCUT2D eigenvalue weighted by Crippen LogP contribution is 2.32. The average molecular weight is 204 g/mol. The van der Waals surface area contributed by atoms with Crippen molar-refractivity contribution in [3.05, 3.63) is 0 Å². The van der Waals surface area contributed by atoms with Crippen molar-refractivity contribution in [1.82, 2.24) is 9.62 Å². The van der Waals surface area contributed by atoms with E-state index in [-0.39, 0.29) is 5.25 Å². The molecular formula is C8H16N2O2S. The van der Waals surface area contributed by atoms with Gasteiger partial charge < -0.3 is 5.32 Å². The van der Waals surface area contributed by atoms with Crippen molar-refractivity contribution < 1.29 is 8.42 Å². The van der Waals surface area contributed by atoms with Gasteiger partial charge >= 0.3 is 0 Å². The number of sulfonamides is 1. The van der Waals surface area contributed by atoms with Crippen LogP contribution in [0.3, 0.4) is 0 Å². The van der Waals surface area contributed by atoms with Crippen LogP contribution in [0.2, 0.25) is 0 Å². The molecule has 0 aromatic heterocycles. The summed E-state index contributed by atoms with van der Waals surface area (Å²) in [5.74, 6) is 0. The summed E-state index contributed by atoms with van der Waals surface area (Å²) in [6.07, 6.45) is 2.68. The molecule has 1 saturated heterocycles. The first kappa shape index (κ1) is 9.43. The molecule has 0 unspecified atom stereocenters. The van der Waals surface area contributed by atoms with Gasteiger partial charge in [-0.3, -0.25) is 0 Å². The molecule has 13 heavy (non-hydrogen) atoms. The Balaban J connectivity index is 2.02. The maximum atomic E-state index is 11.8. The Morgan fingerprint density at radius 2 is 2.00 bits per heavy atom. The van der Waals surface area contributed by atoms with Gasteiger partial charge in [0, 0.05) is 19.1 Å². The molecule has 2 aliphatic rings. The monoisotopic (exact) mass is 204 g/mol. The summed E-state index contributed by atoms with van der Waals surface area (Å²) in [5.41, 5.74) is 0. The first-order valence-corrected chi connectivity index (χ1v) is 6.31. The van der Waals surface area contributed by atoms with Crippen molar-refractivity contribution in [2.24, 2.45) is 0 Å².